The Balaban J connectivity index is 2.02. The van der Waals surface area contributed by atoms with E-state index in [4.69, 9.17) is 0 Å². The molecule has 0 bridgehead atoms. The van der Waals surface area contributed by atoms with Gasteiger partial charge in [0.25, 0.3) is 0 Å². The Bertz CT molecular complexity index is 345. The Labute approximate surface area is 89.7 Å². The van der Waals surface area contributed by atoms with Crippen LogP contribution in [-0.4, -0.2) is 24.1 Å². The number of hydrogen-bond acceptors (Lipinski definition) is 2. The summed E-state index contributed by atoms with van der Waals surface area (Å²) in [6, 6.07) is 4.18. The molecule has 4 nitrogen and oxygen atoms in total. The molecule has 1 unspecified atom stereocenters. The molecule has 2 N–H and O–H groups in total. The summed E-state index contributed by atoms with van der Waals surface area (Å²) in [6.07, 6.45) is 2.68. The van der Waals surface area contributed by atoms with Crippen molar-refractivity contribution in [1.29, 1.82) is 0 Å². The summed E-state index contributed by atoms with van der Waals surface area (Å²) in [5, 5.41) is 6.04. The van der Waals surface area contributed by atoms with E-state index in [0.717, 1.165) is 19.6 Å². The fourth-order valence-corrected chi connectivity index (χ4v) is 2.04. The maximum absolute atomic E-state index is 11.3. The van der Waals surface area contributed by atoms with Crippen molar-refractivity contribution >= 4 is 5.91 Å². The number of carbonyl (C=O) groups is 1. The molecule has 0 saturated carbocycles. The first-order chi connectivity index (χ1) is 7.29. The van der Waals surface area contributed by atoms with Gasteiger partial charge in [-0.3, -0.25) is 4.79 Å². The van der Waals surface area contributed by atoms with Crippen LogP contribution in [0.3, 0.4) is 0 Å². The second-order valence-corrected chi connectivity index (χ2v) is 4.03. The largest absolute Gasteiger partial charge is 0.359 e. The van der Waals surface area contributed by atoms with Crippen LogP contribution in [0.5, 0.6) is 0 Å². The van der Waals surface area contributed by atoms with E-state index in [1.54, 1.807) is 7.05 Å². The molecule has 0 saturated heterocycles. The summed E-state index contributed by atoms with van der Waals surface area (Å²) in [7, 11) is 1.69. The SMILES string of the molecule is CNC(=O)CC1CNCc2cccn2C1. The lowest BCUT2D eigenvalue weighted by Crippen LogP contribution is -2.28. The van der Waals surface area contributed by atoms with Crippen LogP contribution in [0, 0.1) is 5.92 Å². The average Bonchev–Trinajstić information content (AvgIpc) is 2.58. The molecule has 0 aliphatic carbocycles. The number of fused-ring (bicyclic) bond motifs is 1. The van der Waals surface area contributed by atoms with Gasteiger partial charge in [-0.1, -0.05) is 0 Å². The number of aromatic nitrogens is 1. The van der Waals surface area contributed by atoms with Crippen LogP contribution in [0.15, 0.2) is 18.3 Å². The van der Waals surface area contributed by atoms with Gasteiger partial charge in [-0.15, -0.1) is 0 Å². The van der Waals surface area contributed by atoms with Gasteiger partial charge in [0.1, 0.15) is 0 Å². The molecule has 1 aliphatic rings. The van der Waals surface area contributed by atoms with Crippen LogP contribution in [-0.2, 0) is 17.9 Å². The highest BCUT2D eigenvalue weighted by Crippen LogP contribution is 2.13. The minimum Gasteiger partial charge on any atom is -0.359 e. The fourth-order valence-electron chi connectivity index (χ4n) is 2.04. The molecule has 1 aliphatic heterocycles. The van der Waals surface area contributed by atoms with Crippen molar-refractivity contribution in [3.63, 3.8) is 0 Å². The number of nitrogens with one attached hydrogen (secondary N) is 2. The van der Waals surface area contributed by atoms with Gasteiger partial charge in [-0.05, 0) is 18.1 Å². The molecule has 2 rings (SSSR count). The maximum atomic E-state index is 11.3. The van der Waals surface area contributed by atoms with Gasteiger partial charge in [0, 0.05) is 45.0 Å². The molecule has 15 heavy (non-hydrogen) atoms. The third kappa shape index (κ3) is 2.39. The quantitative estimate of drug-likeness (QED) is 0.735. The number of nitrogens with zero attached hydrogens (tertiary/aromatic N) is 1. The fraction of sp³-hybridized carbons (Fsp3) is 0.545. The first-order valence-corrected chi connectivity index (χ1v) is 5.35. The first-order valence-electron chi connectivity index (χ1n) is 5.35. The van der Waals surface area contributed by atoms with E-state index in [1.165, 1.54) is 5.69 Å². The van der Waals surface area contributed by atoms with Crippen LogP contribution >= 0.6 is 0 Å². The minimum absolute atomic E-state index is 0.123. The van der Waals surface area contributed by atoms with Crippen molar-refractivity contribution < 1.29 is 4.79 Å². The lowest BCUT2D eigenvalue weighted by molar-refractivity contribution is -0.121. The van der Waals surface area contributed by atoms with E-state index in [-0.39, 0.29) is 5.91 Å². The zero-order valence-corrected chi connectivity index (χ0v) is 8.99. The highest BCUT2D eigenvalue weighted by Gasteiger charge is 2.17. The third-order valence-electron chi connectivity index (χ3n) is 2.87. The summed E-state index contributed by atoms with van der Waals surface area (Å²) in [4.78, 5) is 11.3. The van der Waals surface area contributed by atoms with Crippen LogP contribution in [0.4, 0.5) is 0 Å². The van der Waals surface area contributed by atoms with E-state index in [9.17, 15) is 4.79 Å². The van der Waals surface area contributed by atoms with E-state index >= 15 is 0 Å². The Morgan fingerprint density at radius 1 is 1.73 bits per heavy atom. The van der Waals surface area contributed by atoms with Crippen LogP contribution in [0.1, 0.15) is 12.1 Å². The van der Waals surface area contributed by atoms with Crippen LogP contribution < -0.4 is 10.6 Å². The molecular formula is C11H17N3O. The molecule has 4 heteroatoms. The highest BCUT2D eigenvalue weighted by molar-refractivity contribution is 5.75. The zero-order valence-electron chi connectivity index (χ0n) is 8.99. The van der Waals surface area contributed by atoms with Gasteiger partial charge in [0.05, 0.1) is 0 Å². The number of rotatable bonds is 2. The van der Waals surface area contributed by atoms with Crippen LogP contribution in [0.25, 0.3) is 0 Å². The van der Waals surface area contributed by atoms with Gasteiger partial charge < -0.3 is 15.2 Å². The van der Waals surface area contributed by atoms with Crippen LogP contribution in [0.2, 0.25) is 0 Å². The lowest BCUT2D eigenvalue weighted by atomic mass is 10.1. The van der Waals surface area contributed by atoms with Gasteiger partial charge in [0.2, 0.25) is 5.91 Å². The second kappa shape index (κ2) is 4.49. The minimum atomic E-state index is 0.123. The highest BCUT2D eigenvalue weighted by atomic mass is 16.1. The Morgan fingerprint density at radius 2 is 2.60 bits per heavy atom. The molecule has 0 spiro atoms. The number of hydrogen-bond donors (Lipinski definition) is 2. The Morgan fingerprint density at radius 3 is 3.40 bits per heavy atom. The van der Waals surface area contributed by atoms with Crippen molar-refractivity contribution in [3.8, 4) is 0 Å². The number of carbonyl (C=O) groups excluding carboxylic acids is 1. The van der Waals surface area contributed by atoms with Gasteiger partial charge in [0.15, 0.2) is 0 Å². The Kier molecular flexibility index (Phi) is 3.06. The van der Waals surface area contributed by atoms with Crippen molar-refractivity contribution in [1.82, 2.24) is 15.2 Å². The molecule has 1 atom stereocenters. The molecular weight excluding hydrogens is 190 g/mol. The van der Waals surface area contributed by atoms with E-state index in [2.05, 4.69) is 33.5 Å². The molecule has 1 amide bonds. The molecule has 0 aromatic carbocycles. The van der Waals surface area contributed by atoms with Gasteiger partial charge >= 0.3 is 0 Å². The second-order valence-electron chi connectivity index (χ2n) is 4.03. The summed E-state index contributed by atoms with van der Waals surface area (Å²) in [6.45, 7) is 2.75. The smallest absolute Gasteiger partial charge is 0.220 e. The van der Waals surface area contributed by atoms with E-state index in [0.29, 0.717) is 12.3 Å². The van der Waals surface area contributed by atoms with Crippen molar-refractivity contribution in [2.45, 2.75) is 19.5 Å². The molecule has 2 heterocycles. The molecule has 82 valence electrons. The molecule has 0 fully saturated rings. The topological polar surface area (TPSA) is 46.1 Å². The maximum Gasteiger partial charge on any atom is 0.220 e. The predicted molar refractivity (Wildman–Crippen MR) is 58.3 cm³/mol. The van der Waals surface area contributed by atoms with E-state index in [1.807, 2.05) is 0 Å². The van der Waals surface area contributed by atoms with E-state index < -0.39 is 0 Å². The molecule has 1 aromatic rings. The van der Waals surface area contributed by atoms with Crippen molar-refractivity contribution in [2.24, 2.45) is 5.92 Å². The third-order valence-corrected chi connectivity index (χ3v) is 2.87. The number of amides is 1. The normalized spacial score (nSPS) is 20.5. The molecule has 0 radical (unpaired) electrons. The van der Waals surface area contributed by atoms with Crippen molar-refractivity contribution in [2.75, 3.05) is 13.6 Å². The summed E-state index contributed by atoms with van der Waals surface area (Å²) >= 11 is 0. The standard InChI is InChI=1S/C11H17N3O/c1-12-11(15)5-9-6-13-7-10-3-2-4-14(10)8-9/h2-4,9,13H,5-8H2,1H3,(H,12,15). The lowest BCUT2D eigenvalue weighted by Gasteiger charge is -2.14. The zero-order chi connectivity index (χ0) is 10.7. The summed E-state index contributed by atoms with van der Waals surface area (Å²) in [5.74, 6) is 0.510. The predicted octanol–water partition coefficient (Wildman–Crippen LogP) is 0.344. The summed E-state index contributed by atoms with van der Waals surface area (Å²) < 4.78 is 2.23. The summed E-state index contributed by atoms with van der Waals surface area (Å²) in [5.41, 5.74) is 1.30. The van der Waals surface area contributed by atoms with Crippen molar-refractivity contribution in [3.05, 3.63) is 24.0 Å². The average molecular weight is 207 g/mol. The van der Waals surface area contributed by atoms with Gasteiger partial charge in [-0.25, -0.2) is 0 Å². The van der Waals surface area contributed by atoms with Gasteiger partial charge in [-0.2, -0.15) is 0 Å². The monoisotopic (exact) mass is 207 g/mol. The molecule has 1 aromatic heterocycles. The first kappa shape index (κ1) is 10.2. The Hall–Kier alpha value is -1.29.